The Balaban J connectivity index is 2.04. The van der Waals surface area contributed by atoms with Crippen LogP contribution in [0.4, 0.5) is 4.79 Å². The number of aliphatic imine (C=N–C) groups is 1. The summed E-state index contributed by atoms with van der Waals surface area (Å²) < 4.78 is 5.96. The van der Waals surface area contributed by atoms with Crippen molar-refractivity contribution >= 4 is 11.9 Å². The molecule has 1 unspecified atom stereocenters. The van der Waals surface area contributed by atoms with Gasteiger partial charge in [0.2, 0.25) is 0 Å². The molecule has 0 aliphatic carbocycles. The van der Waals surface area contributed by atoms with E-state index in [9.17, 15) is 4.79 Å². The molecule has 5 nitrogen and oxygen atoms in total. The summed E-state index contributed by atoms with van der Waals surface area (Å²) in [7, 11) is 0. The van der Waals surface area contributed by atoms with E-state index in [1.54, 1.807) is 0 Å². The number of urea groups is 1. The highest BCUT2D eigenvalue weighted by molar-refractivity contribution is 6.03. The van der Waals surface area contributed by atoms with Crippen molar-refractivity contribution < 1.29 is 9.53 Å². The molecule has 18 heavy (non-hydrogen) atoms. The van der Waals surface area contributed by atoms with Crippen LogP contribution < -0.4 is 15.8 Å². The number of hydrogen-bond acceptors (Lipinski definition) is 3. The third-order valence-corrected chi connectivity index (χ3v) is 3.23. The van der Waals surface area contributed by atoms with Gasteiger partial charge in [-0.15, -0.1) is 0 Å². The van der Waals surface area contributed by atoms with Crippen molar-refractivity contribution in [2.45, 2.75) is 31.9 Å². The predicted octanol–water partition coefficient (Wildman–Crippen LogP) is 1.52. The standard InChI is InChI=1S/C13H15N3O2/c1-13(2)6-7-4-3-5-8(10(7)18-13)9-11(14)16-12(17)15-9/h3-5,9H,6H2,1-2H3,(H3,14,15,16,17). The van der Waals surface area contributed by atoms with Crippen molar-refractivity contribution in [1.29, 1.82) is 0 Å². The molecule has 0 fully saturated rings. The lowest BCUT2D eigenvalue weighted by Gasteiger charge is -2.20. The predicted molar refractivity (Wildman–Crippen MR) is 67.7 cm³/mol. The lowest BCUT2D eigenvalue weighted by molar-refractivity contribution is 0.137. The number of fused-ring (bicyclic) bond motifs is 1. The van der Waals surface area contributed by atoms with Gasteiger partial charge in [-0.05, 0) is 19.4 Å². The van der Waals surface area contributed by atoms with Crippen LogP contribution in [0.5, 0.6) is 5.75 Å². The molecule has 2 aliphatic rings. The number of carbonyl (C=O) groups excluding carboxylic acids is 1. The number of para-hydroxylation sites is 1. The number of ether oxygens (including phenoxy) is 1. The zero-order chi connectivity index (χ0) is 12.9. The Morgan fingerprint density at radius 1 is 1.50 bits per heavy atom. The molecule has 3 N–H and O–H groups in total. The third kappa shape index (κ3) is 1.63. The molecule has 0 radical (unpaired) electrons. The maximum atomic E-state index is 11.2. The molecule has 2 aliphatic heterocycles. The molecular formula is C13H15N3O2. The van der Waals surface area contributed by atoms with Crippen LogP contribution in [0.1, 0.15) is 31.0 Å². The van der Waals surface area contributed by atoms with Gasteiger partial charge in [0.25, 0.3) is 0 Å². The molecular weight excluding hydrogens is 230 g/mol. The van der Waals surface area contributed by atoms with Gasteiger partial charge in [-0.25, -0.2) is 4.79 Å². The molecule has 0 aromatic heterocycles. The van der Waals surface area contributed by atoms with E-state index in [-0.39, 0.29) is 11.6 Å². The Bertz CT molecular complexity index is 563. The first-order chi connectivity index (χ1) is 8.46. The van der Waals surface area contributed by atoms with Gasteiger partial charge in [0, 0.05) is 12.0 Å². The highest BCUT2D eigenvalue weighted by Crippen LogP contribution is 2.40. The summed E-state index contributed by atoms with van der Waals surface area (Å²) in [6.45, 7) is 4.09. The van der Waals surface area contributed by atoms with Crippen LogP contribution in [0.25, 0.3) is 0 Å². The maximum Gasteiger partial charge on any atom is 0.343 e. The molecule has 2 amide bonds. The summed E-state index contributed by atoms with van der Waals surface area (Å²) in [5, 5.41) is 2.73. The van der Waals surface area contributed by atoms with Gasteiger partial charge in [-0.3, -0.25) is 0 Å². The average molecular weight is 245 g/mol. The second-order valence-corrected chi connectivity index (χ2v) is 5.29. The summed E-state index contributed by atoms with van der Waals surface area (Å²) in [4.78, 5) is 14.9. The first-order valence-corrected chi connectivity index (χ1v) is 5.92. The molecule has 0 saturated heterocycles. The second-order valence-electron chi connectivity index (χ2n) is 5.29. The van der Waals surface area contributed by atoms with E-state index in [0.29, 0.717) is 5.84 Å². The number of nitrogens with one attached hydrogen (secondary N) is 1. The third-order valence-electron chi connectivity index (χ3n) is 3.23. The van der Waals surface area contributed by atoms with Crippen LogP contribution in [-0.4, -0.2) is 17.5 Å². The summed E-state index contributed by atoms with van der Waals surface area (Å²) in [5.41, 5.74) is 7.58. The van der Waals surface area contributed by atoms with Gasteiger partial charge in [-0.2, -0.15) is 4.99 Å². The Morgan fingerprint density at radius 3 is 2.94 bits per heavy atom. The maximum absolute atomic E-state index is 11.2. The fourth-order valence-corrected chi connectivity index (χ4v) is 2.52. The highest BCUT2D eigenvalue weighted by atomic mass is 16.5. The highest BCUT2D eigenvalue weighted by Gasteiger charge is 2.35. The Hall–Kier alpha value is -2.04. The van der Waals surface area contributed by atoms with Crippen molar-refractivity contribution in [3.05, 3.63) is 29.3 Å². The lowest BCUT2D eigenvalue weighted by Crippen LogP contribution is -2.29. The van der Waals surface area contributed by atoms with E-state index < -0.39 is 6.03 Å². The van der Waals surface area contributed by atoms with Gasteiger partial charge in [0.1, 0.15) is 23.2 Å². The molecule has 94 valence electrons. The normalized spacial score (nSPS) is 24.2. The van der Waals surface area contributed by atoms with Gasteiger partial charge >= 0.3 is 6.03 Å². The van der Waals surface area contributed by atoms with Gasteiger partial charge in [-0.1, -0.05) is 18.2 Å². The minimum atomic E-state index is -0.396. The molecule has 1 aromatic rings. The summed E-state index contributed by atoms with van der Waals surface area (Å²) in [6, 6.07) is 5.14. The van der Waals surface area contributed by atoms with Crippen molar-refractivity contribution in [3.63, 3.8) is 0 Å². The first-order valence-electron chi connectivity index (χ1n) is 5.92. The van der Waals surface area contributed by atoms with E-state index in [1.807, 2.05) is 32.0 Å². The van der Waals surface area contributed by atoms with Crippen LogP contribution >= 0.6 is 0 Å². The number of benzene rings is 1. The van der Waals surface area contributed by atoms with Gasteiger partial charge < -0.3 is 15.8 Å². The van der Waals surface area contributed by atoms with Gasteiger partial charge in [0.05, 0.1) is 0 Å². The zero-order valence-electron chi connectivity index (χ0n) is 10.4. The largest absolute Gasteiger partial charge is 0.487 e. The number of nitrogens with zero attached hydrogens (tertiary/aromatic N) is 1. The Kier molecular flexibility index (Phi) is 2.14. The van der Waals surface area contributed by atoms with E-state index in [1.165, 1.54) is 0 Å². The van der Waals surface area contributed by atoms with Crippen molar-refractivity contribution in [3.8, 4) is 5.75 Å². The monoisotopic (exact) mass is 245 g/mol. The van der Waals surface area contributed by atoms with E-state index in [2.05, 4.69) is 10.3 Å². The van der Waals surface area contributed by atoms with Crippen LogP contribution in [0, 0.1) is 0 Å². The van der Waals surface area contributed by atoms with Crippen LogP contribution in [0.2, 0.25) is 0 Å². The van der Waals surface area contributed by atoms with Crippen LogP contribution in [0.15, 0.2) is 23.2 Å². The lowest BCUT2D eigenvalue weighted by atomic mass is 9.98. The van der Waals surface area contributed by atoms with E-state index >= 15 is 0 Å². The molecule has 1 aromatic carbocycles. The van der Waals surface area contributed by atoms with Crippen molar-refractivity contribution in [2.75, 3.05) is 0 Å². The molecule has 2 heterocycles. The van der Waals surface area contributed by atoms with Crippen LogP contribution in [0.3, 0.4) is 0 Å². The van der Waals surface area contributed by atoms with Crippen molar-refractivity contribution in [2.24, 2.45) is 10.7 Å². The second kappa shape index (κ2) is 3.48. The number of amidine groups is 1. The quantitative estimate of drug-likeness (QED) is 0.787. The smallest absolute Gasteiger partial charge is 0.343 e. The molecule has 0 saturated carbocycles. The fourth-order valence-electron chi connectivity index (χ4n) is 2.52. The fraction of sp³-hybridized carbons (Fsp3) is 0.385. The summed E-state index contributed by atoms with van der Waals surface area (Å²) >= 11 is 0. The molecule has 5 heteroatoms. The molecule has 3 rings (SSSR count). The van der Waals surface area contributed by atoms with Crippen molar-refractivity contribution in [1.82, 2.24) is 5.32 Å². The summed E-state index contributed by atoms with van der Waals surface area (Å²) in [5.74, 6) is 1.12. The van der Waals surface area contributed by atoms with E-state index in [0.717, 1.165) is 23.3 Å². The molecule has 1 atom stereocenters. The zero-order valence-corrected chi connectivity index (χ0v) is 10.4. The first kappa shape index (κ1) is 11.1. The minimum absolute atomic E-state index is 0.215. The number of rotatable bonds is 1. The number of nitrogens with two attached hydrogens (primary N) is 1. The number of amides is 2. The Morgan fingerprint density at radius 2 is 2.28 bits per heavy atom. The number of carbonyl (C=O) groups is 1. The van der Waals surface area contributed by atoms with Gasteiger partial charge in [0.15, 0.2) is 0 Å². The summed E-state index contributed by atoms with van der Waals surface area (Å²) in [6.07, 6.45) is 0.855. The SMILES string of the molecule is CC1(C)Cc2cccc(C3NC(=O)N=C3N)c2O1. The minimum Gasteiger partial charge on any atom is -0.487 e. The number of hydrogen-bond donors (Lipinski definition) is 2. The topological polar surface area (TPSA) is 76.7 Å². The molecule has 0 spiro atoms. The van der Waals surface area contributed by atoms with Crippen LogP contribution in [-0.2, 0) is 6.42 Å². The van der Waals surface area contributed by atoms with E-state index in [4.69, 9.17) is 10.5 Å². The average Bonchev–Trinajstić information content (AvgIpc) is 2.75. The molecule has 0 bridgehead atoms. The Labute approximate surface area is 105 Å².